The summed E-state index contributed by atoms with van der Waals surface area (Å²) < 4.78 is 70.0. The molecule has 200 valence electrons. The molecule has 9 nitrogen and oxygen atoms in total. The highest BCUT2D eigenvalue weighted by Gasteiger charge is 2.49. The van der Waals surface area contributed by atoms with Crippen LogP contribution in [0.3, 0.4) is 0 Å². The Labute approximate surface area is 213 Å². The van der Waals surface area contributed by atoms with Crippen molar-refractivity contribution in [2.24, 2.45) is 5.73 Å². The summed E-state index contributed by atoms with van der Waals surface area (Å²) in [7, 11) is 0. The second-order valence-electron chi connectivity index (χ2n) is 9.11. The van der Waals surface area contributed by atoms with Crippen LogP contribution in [0.2, 0.25) is 0 Å². The molecule has 0 spiro atoms. The van der Waals surface area contributed by atoms with E-state index in [9.17, 15) is 27.1 Å². The molecule has 38 heavy (non-hydrogen) atoms. The van der Waals surface area contributed by atoms with Crippen molar-refractivity contribution in [2.45, 2.75) is 43.8 Å². The average molecular weight is 534 g/mol. The molecule has 1 aliphatic heterocycles. The van der Waals surface area contributed by atoms with E-state index < -0.39 is 36.0 Å². The molecule has 0 radical (unpaired) electrons. The van der Waals surface area contributed by atoms with Crippen LogP contribution in [0.1, 0.15) is 18.4 Å². The summed E-state index contributed by atoms with van der Waals surface area (Å²) >= 11 is 0. The molecule has 1 fully saturated rings. The molecular weight excluding hydrogens is 511 g/mol. The lowest BCUT2D eigenvalue weighted by molar-refractivity contribution is -0.212. The summed E-state index contributed by atoms with van der Waals surface area (Å²) in [6.07, 6.45) is -2.74. The number of fused-ring (bicyclic) bond motifs is 1. The second-order valence-corrected chi connectivity index (χ2v) is 9.11. The van der Waals surface area contributed by atoms with Crippen molar-refractivity contribution in [2.75, 3.05) is 17.2 Å². The zero-order valence-electron chi connectivity index (χ0n) is 19.8. The number of aliphatic hydroxyl groups is 1. The molecule has 4 heterocycles. The van der Waals surface area contributed by atoms with Gasteiger partial charge in [0.05, 0.1) is 36.5 Å². The molecule has 0 amide bonds. The first-order valence-corrected chi connectivity index (χ1v) is 11.7. The van der Waals surface area contributed by atoms with Gasteiger partial charge in [-0.25, -0.2) is 23.7 Å². The Kier molecular flexibility index (Phi) is 6.61. The molecule has 0 bridgehead atoms. The van der Waals surface area contributed by atoms with E-state index in [0.29, 0.717) is 35.3 Å². The normalized spacial score (nSPS) is 19.2. The van der Waals surface area contributed by atoms with E-state index in [4.69, 9.17) is 11.5 Å². The fourth-order valence-electron chi connectivity index (χ4n) is 4.81. The van der Waals surface area contributed by atoms with Crippen molar-refractivity contribution < 1.29 is 27.1 Å². The Morgan fingerprint density at radius 1 is 1.08 bits per heavy atom. The van der Waals surface area contributed by atoms with Crippen molar-refractivity contribution in [1.29, 1.82) is 0 Å². The van der Waals surface area contributed by atoms with E-state index >= 15 is 0 Å². The Balaban J connectivity index is 1.64. The van der Waals surface area contributed by atoms with Crippen LogP contribution in [-0.2, 0) is 6.54 Å². The van der Waals surface area contributed by atoms with Crippen LogP contribution < -0.4 is 16.4 Å². The third-order valence-electron chi connectivity index (χ3n) is 6.65. The number of hydrogen-bond donors (Lipinski definition) is 3. The molecule has 1 saturated heterocycles. The number of halogens is 5. The maximum absolute atomic E-state index is 14.0. The third kappa shape index (κ3) is 4.72. The number of benzene rings is 1. The van der Waals surface area contributed by atoms with E-state index in [1.807, 2.05) is 0 Å². The summed E-state index contributed by atoms with van der Waals surface area (Å²) in [6, 6.07) is 2.43. The van der Waals surface area contributed by atoms with Gasteiger partial charge in [-0.15, -0.1) is 0 Å². The average Bonchev–Trinajstić information content (AvgIpc) is 3.28. The van der Waals surface area contributed by atoms with Crippen molar-refractivity contribution in [1.82, 2.24) is 24.5 Å². The molecule has 2 unspecified atom stereocenters. The fourth-order valence-corrected chi connectivity index (χ4v) is 4.81. The maximum Gasteiger partial charge on any atom is 0.416 e. The van der Waals surface area contributed by atoms with Crippen LogP contribution in [-0.4, -0.2) is 60.5 Å². The third-order valence-corrected chi connectivity index (χ3v) is 6.65. The Morgan fingerprint density at radius 2 is 1.87 bits per heavy atom. The molecule has 0 saturated carbocycles. The number of nitrogens with zero attached hydrogens (tertiary/aromatic N) is 6. The van der Waals surface area contributed by atoms with E-state index in [0.717, 1.165) is 12.1 Å². The smallest absolute Gasteiger partial charge is 0.382 e. The van der Waals surface area contributed by atoms with Crippen LogP contribution in [0.4, 0.5) is 33.5 Å². The van der Waals surface area contributed by atoms with Crippen molar-refractivity contribution in [3.05, 3.63) is 60.3 Å². The standard InChI is InChI=1S/C24H23F5N8O/c25-14-4-3-12(6-15(14)26)17-7-13(9-36-11-35-19-22(31)33-10-34-23(19)36)18(8-32-17)37-5-1-2-16(30)20(37)21(38)24(27,28)29/h3-4,6-8,10-11,16,20-21,38H,1-2,5,9,30H2,(H2,31,33,34)/t16-,20?,21?/m1/s1. The lowest BCUT2D eigenvalue weighted by Gasteiger charge is -2.44. The monoisotopic (exact) mass is 534 g/mol. The number of pyridine rings is 1. The van der Waals surface area contributed by atoms with Crippen LogP contribution in [0.15, 0.2) is 43.1 Å². The van der Waals surface area contributed by atoms with Crippen molar-refractivity contribution in [3.63, 3.8) is 0 Å². The number of alkyl halides is 3. The number of nitrogens with two attached hydrogens (primary N) is 2. The largest absolute Gasteiger partial charge is 0.416 e. The van der Waals surface area contributed by atoms with Gasteiger partial charge in [0.1, 0.15) is 11.8 Å². The van der Waals surface area contributed by atoms with Gasteiger partial charge in [0.25, 0.3) is 0 Å². The predicted octanol–water partition coefficient (Wildman–Crippen LogP) is 3.02. The first kappa shape index (κ1) is 25.7. The second kappa shape index (κ2) is 9.76. The van der Waals surface area contributed by atoms with Crippen LogP contribution in [0.25, 0.3) is 22.4 Å². The number of rotatable bonds is 5. The topological polar surface area (TPSA) is 132 Å². The summed E-state index contributed by atoms with van der Waals surface area (Å²) in [5.41, 5.74) is 14.0. The highest BCUT2D eigenvalue weighted by atomic mass is 19.4. The molecule has 0 aliphatic carbocycles. The number of anilines is 2. The zero-order chi connectivity index (χ0) is 27.2. The van der Waals surface area contributed by atoms with E-state index in [2.05, 4.69) is 19.9 Å². The summed E-state index contributed by atoms with van der Waals surface area (Å²) in [5.74, 6) is -1.95. The lowest BCUT2D eigenvalue weighted by Crippen LogP contribution is -2.61. The SMILES string of the molecule is Nc1ncnc2c1ncn2Cc1cc(-c2ccc(F)c(F)c2)ncc1N1CCC[C@@H](N)C1C(O)C(F)(F)F. The number of aromatic nitrogens is 5. The molecule has 5 rings (SSSR count). The van der Waals surface area contributed by atoms with Crippen LogP contribution >= 0.6 is 0 Å². The zero-order valence-corrected chi connectivity index (χ0v) is 19.8. The molecule has 1 aliphatic rings. The van der Waals surface area contributed by atoms with Gasteiger partial charge >= 0.3 is 6.18 Å². The van der Waals surface area contributed by atoms with Crippen LogP contribution in [0, 0.1) is 11.6 Å². The highest BCUT2D eigenvalue weighted by Crippen LogP contribution is 2.36. The quantitative estimate of drug-likeness (QED) is 0.333. The van der Waals surface area contributed by atoms with Gasteiger partial charge in [-0.3, -0.25) is 4.98 Å². The number of nitrogen functional groups attached to an aromatic ring is 1. The molecule has 1 aromatic carbocycles. The minimum atomic E-state index is -4.90. The van der Waals surface area contributed by atoms with Gasteiger partial charge in [-0.05, 0) is 42.7 Å². The first-order chi connectivity index (χ1) is 18.0. The number of piperidine rings is 1. The molecular formula is C24H23F5N8O. The minimum absolute atomic E-state index is 0.0576. The van der Waals surface area contributed by atoms with Gasteiger partial charge in [0.15, 0.2) is 29.2 Å². The van der Waals surface area contributed by atoms with Gasteiger partial charge in [-0.2, -0.15) is 13.2 Å². The van der Waals surface area contributed by atoms with Gasteiger partial charge in [-0.1, -0.05) is 0 Å². The maximum atomic E-state index is 14.0. The van der Waals surface area contributed by atoms with Crippen molar-refractivity contribution in [3.8, 4) is 11.3 Å². The number of hydrogen-bond acceptors (Lipinski definition) is 8. The Morgan fingerprint density at radius 3 is 2.61 bits per heavy atom. The molecule has 3 atom stereocenters. The van der Waals surface area contributed by atoms with Gasteiger partial charge in [0.2, 0.25) is 0 Å². The summed E-state index contributed by atoms with van der Waals surface area (Å²) in [4.78, 5) is 18.1. The molecule has 3 aromatic heterocycles. The van der Waals surface area contributed by atoms with Crippen molar-refractivity contribution >= 4 is 22.7 Å². The Hall–Kier alpha value is -3.91. The summed E-state index contributed by atoms with van der Waals surface area (Å²) in [6.45, 7) is 0.243. The summed E-state index contributed by atoms with van der Waals surface area (Å²) in [5, 5.41) is 10.2. The van der Waals surface area contributed by atoms with Gasteiger partial charge < -0.3 is 26.0 Å². The predicted molar refractivity (Wildman–Crippen MR) is 129 cm³/mol. The molecule has 14 heteroatoms. The lowest BCUT2D eigenvalue weighted by atomic mass is 9.91. The first-order valence-electron chi connectivity index (χ1n) is 11.7. The number of imidazole rings is 1. The fraction of sp³-hybridized carbons (Fsp3) is 0.333. The van der Waals surface area contributed by atoms with Gasteiger partial charge in [0, 0.05) is 18.2 Å². The minimum Gasteiger partial charge on any atom is -0.382 e. The van der Waals surface area contributed by atoms with Crippen LogP contribution in [0.5, 0.6) is 0 Å². The van der Waals surface area contributed by atoms with E-state index in [1.165, 1.54) is 29.8 Å². The molecule has 4 aromatic rings. The molecule has 5 N–H and O–H groups in total. The Bertz CT molecular complexity index is 1480. The van der Waals surface area contributed by atoms with E-state index in [-0.39, 0.29) is 30.2 Å². The number of aliphatic hydroxyl groups excluding tert-OH is 1. The van der Waals surface area contributed by atoms with E-state index in [1.54, 1.807) is 10.6 Å². The highest BCUT2D eigenvalue weighted by molar-refractivity contribution is 5.81.